The maximum absolute atomic E-state index is 8.91. The molecule has 0 fully saturated rings. The van der Waals surface area contributed by atoms with Gasteiger partial charge in [-0.3, -0.25) is 0 Å². The van der Waals surface area contributed by atoms with Gasteiger partial charge in [0.2, 0.25) is 0 Å². The van der Waals surface area contributed by atoms with Gasteiger partial charge < -0.3 is 26.3 Å². The van der Waals surface area contributed by atoms with Crippen molar-refractivity contribution in [3.63, 3.8) is 0 Å². The molecule has 0 aliphatic rings. The van der Waals surface area contributed by atoms with Crippen LogP contribution in [0.2, 0.25) is 0 Å². The van der Waals surface area contributed by atoms with Crippen molar-refractivity contribution in [3.8, 4) is 0 Å². The Balaban J connectivity index is -0.000000500. The molecule has 0 amide bonds. The van der Waals surface area contributed by atoms with E-state index in [9.17, 15) is 0 Å². The molecule has 0 aliphatic carbocycles. The average Bonchev–Trinajstić information content (AvgIpc) is 2.02. The topological polar surface area (TPSA) is 119 Å². The molecule has 0 radical (unpaired) electrons. The first kappa shape index (κ1) is 19.0. The largest absolute Gasteiger partial charge is 0.394 e. The summed E-state index contributed by atoms with van der Waals surface area (Å²) >= 11 is 0. The van der Waals surface area contributed by atoms with Crippen molar-refractivity contribution < 1.29 is 41.5 Å². The van der Waals surface area contributed by atoms with E-state index >= 15 is 0 Å². The molecule has 0 saturated carbocycles. The van der Waals surface area contributed by atoms with Crippen molar-refractivity contribution in [3.05, 3.63) is 0 Å². The Labute approximate surface area is 96.1 Å². The third kappa shape index (κ3) is 7.37. The van der Waals surface area contributed by atoms with E-state index in [1.165, 1.54) is 0 Å². The molecule has 6 N–H and O–H groups in total. The van der Waals surface area contributed by atoms with Gasteiger partial charge in [-0.15, -0.1) is 12.4 Å². The van der Waals surface area contributed by atoms with Gasteiger partial charge in [0.25, 0.3) is 0 Å². The number of halogens is 1. The molecule has 0 unspecified atom stereocenters. The molecule has 3 atom stereocenters. The Kier molecular flexibility index (Phi) is 15.1. The summed E-state index contributed by atoms with van der Waals surface area (Å²) in [6.07, 6.45) is -3.35. The van der Waals surface area contributed by atoms with Gasteiger partial charge in [-0.25, -0.2) is 0 Å². The van der Waals surface area contributed by atoms with Gasteiger partial charge in [0.05, 0.1) is 12.8 Å². The van der Waals surface area contributed by atoms with Crippen LogP contribution >= 0.6 is 12.4 Å². The summed E-state index contributed by atoms with van der Waals surface area (Å²) < 4.78 is 0. The first-order valence-corrected chi connectivity index (χ1v) is 3.02. The quantitative estimate of drug-likeness (QED) is 0.204. The van der Waals surface area contributed by atoms with Crippen molar-refractivity contribution >= 4 is 18.6 Å². The summed E-state index contributed by atoms with van der Waals surface area (Å²) in [4.78, 5) is 0. The molecule has 0 bridgehead atoms. The molecule has 0 heterocycles. The van der Waals surface area contributed by atoms with Gasteiger partial charge in [0.1, 0.15) is 18.3 Å². The van der Waals surface area contributed by atoms with Crippen LogP contribution in [0.1, 0.15) is 0 Å². The van der Waals surface area contributed by atoms with E-state index in [2.05, 4.69) is 10.9 Å². The molecule has 0 aromatic carbocycles. The summed E-state index contributed by atoms with van der Waals surface area (Å²) in [6, 6.07) is 0. The molecule has 6 nitrogen and oxygen atoms in total. The van der Waals surface area contributed by atoms with Crippen LogP contribution in [0.4, 0.5) is 0 Å². The SMILES string of the molecule is Cl.N/N=C/[C@H](O)[C@@H](O)[C@@H](O)CO.[Pt]. The predicted octanol–water partition coefficient (Wildman–Crippen LogP) is -2.57. The molecule has 0 saturated heterocycles. The number of nitrogens with two attached hydrogens (primary N) is 1. The number of aliphatic hydroxyl groups excluding tert-OH is 4. The molecular weight excluding hydrogens is 383 g/mol. The minimum atomic E-state index is -1.47. The number of hydrazone groups is 1. The van der Waals surface area contributed by atoms with Crippen molar-refractivity contribution in [2.75, 3.05) is 6.61 Å². The van der Waals surface area contributed by atoms with Crippen LogP contribution < -0.4 is 5.84 Å². The van der Waals surface area contributed by atoms with Crippen molar-refractivity contribution in [1.82, 2.24) is 0 Å². The summed E-state index contributed by atoms with van der Waals surface area (Å²) in [7, 11) is 0. The van der Waals surface area contributed by atoms with E-state index in [0.29, 0.717) is 0 Å². The minimum absolute atomic E-state index is 0. The number of rotatable bonds is 4. The van der Waals surface area contributed by atoms with Crippen LogP contribution in [0.3, 0.4) is 0 Å². The van der Waals surface area contributed by atoms with E-state index in [0.717, 1.165) is 6.21 Å². The van der Waals surface area contributed by atoms with E-state index in [1.54, 1.807) is 0 Å². The molecule has 13 heavy (non-hydrogen) atoms. The summed E-state index contributed by atoms with van der Waals surface area (Å²) in [5, 5.41) is 37.8. The second-order valence-corrected chi connectivity index (χ2v) is 2.03. The Hall–Kier alpha value is 0.288. The maximum Gasteiger partial charge on any atom is 0.119 e. The van der Waals surface area contributed by atoms with Crippen LogP contribution in [-0.2, 0) is 21.1 Å². The van der Waals surface area contributed by atoms with Crippen molar-refractivity contribution in [1.29, 1.82) is 0 Å². The number of hydrogen-bond acceptors (Lipinski definition) is 6. The van der Waals surface area contributed by atoms with Crippen LogP contribution in [0, 0.1) is 0 Å². The fourth-order valence-electron chi connectivity index (χ4n) is 0.512. The van der Waals surface area contributed by atoms with Crippen molar-refractivity contribution in [2.24, 2.45) is 10.9 Å². The molecule has 8 heteroatoms. The van der Waals surface area contributed by atoms with Gasteiger partial charge in [-0.05, 0) is 0 Å². The van der Waals surface area contributed by atoms with E-state index in [1.807, 2.05) is 0 Å². The number of hydrogen-bond donors (Lipinski definition) is 5. The van der Waals surface area contributed by atoms with Crippen molar-refractivity contribution in [2.45, 2.75) is 18.3 Å². The minimum Gasteiger partial charge on any atom is -0.394 e. The molecule has 0 aromatic heterocycles. The third-order valence-corrected chi connectivity index (χ3v) is 1.17. The maximum atomic E-state index is 8.91. The van der Waals surface area contributed by atoms with Crippen LogP contribution in [0.15, 0.2) is 5.10 Å². The standard InChI is InChI=1S/C5H12N2O4.ClH.Pt/c6-7-1-3(9)5(11)4(10)2-8;;/h1,3-5,8-11H,2,6H2;1H;/b7-1+;;/t3-,4-,5+;;/m0../s1. The molecular formula is C5H13ClN2O4Pt. The Morgan fingerprint density at radius 2 is 1.77 bits per heavy atom. The average molecular weight is 396 g/mol. The summed E-state index contributed by atoms with van der Waals surface area (Å²) in [6.45, 7) is -0.628. The van der Waals surface area contributed by atoms with Gasteiger partial charge in [0, 0.05) is 21.1 Å². The van der Waals surface area contributed by atoms with Crippen LogP contribution in [0.25, 0.3) is 0 Å². The third-order valence-electron chi connectivity index (χ3n) is 1.17. The fourth-order valence-corrected chi connectivity index (χ4v) is 0.512. The first-order valence-electron chi connectivity index (χ1n) is 3.02. The normalized spacial score (nSPS) is 16.9. The van der Waals surface area contributed by atoms with E-state index in [4.69, 9.17) is 20.4 Å². The van der Waals surface area contributed by atoms with Crippen LogP contribution in [0.5, 0.6) is 0 Å². The smallest absolute Gasteiger partial charge is 0.119 e. The Bertz CT molecular complexity index is 140. The zero-order chi connectivity index (χ0) is 8.85. The monoisotopic (exact) mass is 395 g/mol. The Morgan fingerprint density at radius 1 is 1.31 bits per heavy atom. The molecule has 0 aliphatic heterocycles. The molecule has 84 valence electrons. The first-order chi connectivity index (χ1) is 5.13. The number of aliphatic hydroxyl groups is 4. The van der Waals surface area contributed by atoms with E-state index < -0.39 is 24.9 Å². The zero-order valence-corrected chi connectivity index (χ0v) is 9.64. The second-order valence-electron chi connectivity index (χ2n) is 2.03. The summed E-state index contributed by atoms with van der Waals surface area (Å²) in [5.41, 5.74) is 0. The molecule has 0 rings (SSSR count). The number of nitrogens with zero attached hydrogens (tertiary/aromatic N) is 1. The van der Waals surface area contributed by atoms with E-state index in [-0.39, 0.29) is 33.5 Å². The second kappa shape index (κ2) is 10.4. The fraction of sp³-hybridized carbons (Fsp3) is 0.800. The van der Waals surface area contributed by atoms with Gasteiger partial charge in [0.15, 0.2) is 0 Å². The molecule has 0 aromatic rings. The predicted molar refractivity (Wildman–Crippen MR) is 45.0 cm³/mol. The Morgan fingerprint density at radius 3 is 2.08 bits per heavy atom. The van der Waals surface area contributed by atoms with Gasteiger partial charge in [-0.2, -0.15) is 5.10 Å². The summed E-state index contributed by atoms with van der Waals surface area (Å²) in [5.74, 6) is 4.66. The van der Waals surface area contributed by atoms with Crippen LogP contribution in [-0.4, -0.2) is 51.6 Å². The molecule has 0 spiro atoms. The van der Waals surface area contributed by atoms with Gasteiger partial charge in [-0.1, -0.05) is 0 Å². The zero-order valence-electron chi connectivity index (χ0n) is 6.55. The van der Waals surface area contributed by atoms with Gasteiger partial charge >= 0.3 is 0 Å².